The first-order chi connectivity index (χ1) is 10.1. The zero-order valence-corrected chi connectivity index (χ0v) is 13.5. The second kappa shape index (κ2) is 7.47. The van der Waals surface area contributed by atoms with Crippen LogP contribution in [0.1, 0.15) is 19.6 Å². The van der Waals surface area contributed by atoms with Crippen LogP contribution >= 0.6 is 11.8 Å². The summed E-state index contributed by atoms with van der Waals surface area (Å²) in [5, 5.41) is 9.45. The normalized spacial score (nSPS) is 11.2. The molecule has 0 unspecified atom stereocenters. The van der Waals surface area contributed by atoms with Crippen LogP contribution in [0.4, 0.5) is 0 Å². The van der Waals surface area contributed by atoms with Crippen molar-refractivity contribution in [3.8, 4) is 11.4 Å². The van der Waals surface area contributed by atoms with E-state index < -0.39 is 0 Å². The van der Waals surface area contributed by atoms with Gasteiger partial charge in [0.05, 0.1) is 24.5 Å². The summed E-state index contributed by atoms with van der Waals surface area (Å²) in [6, 6.07) is 1.91. The molecule has 0 aliphatic rings. The predicted octanol–water partition coefficient (Wildman–Crippen LogP) is 3.55. The minimum absolute atomic E-state index is 0.251. The number of ether oxygens (including phenoxy) is 1. The van der Waals surface area contributed by atoms with Crippen molar-refractivity contribution >= 4 is 11.8 Å². The van der Waals surface area contributed by atoms with Crippen LogP contribution in [-0.4, -0.2) is 33.2 Å². The standard InChI is InChI=1S/C15H21N3O2S/c1-5-7-18-14(13-6-8-20-12(13)4)16-17-15(18)21-10-9-19-11(2)3/h5-6,8,11H,1,7,9-10H2,2-4H3. The minimum atomic E-state index is 0.251. The molecular formula is C15H21N3O2S. The third-order valence-corrected chi connectivity index (χ3v) is 3.82. The lowest BCUT2D eigenvalue weighted by Gasteiger charge is -2.08. The van der Waals surface area contributed by atoms with Crippen LogP contribution in [0, 0.1) is 6.92 Å². The molecule has 0 N–H and O–H groups in total. The number of hydrogen-bond donors (Lipinski definition) is 0. The second-order valence-corrected chi connectivity index (χ2v) is 5.93. The van der Waals surface area contributed by atoms with Gasteiger partial charge in [0, 0.05) is 12.3 Å². The van der Waals surface area contributed by atoms with Crippen LogP contribution in [0.3, 0.4) is 0 Å². The number of allylic oxidation sites excluding steroid dienone is 1. The van der Waals surface area contributed by atoms with Crippen LogP contribution < -0.4 is 0 Å². The topological polar surface area (TPSA) is 53.1 Å². The summed E-state index contributed by atoms with van der Waals surface area (Å²) in [5.41, 5.74) is 0.967. The molecule has 2 heterocycles. The average Bonchev–Trinajstić information content (AvgIpc) is 3.02. The molecule has 0 aromatic carbocycles. The monoisotopic (exact) mass is 307 g/mol. The van der Waals surface area contributed by atoms with E-state index in [4.69, 9.17) is 9.15 Å². The molecule has 0 aliphatic carbocycles. The first-order valence-electron chi connectivity index (χ1n) is 6.96. The Bertz CT molecular complexity index is 590. The van der Waals surface area contributed by atoms with Gasteiger partial charge in [-0.1, -0.05) is 17.8 Å². The van der Waals surface area contributed by atoms with Crippen molar-refractivity contribution in [1.29, 1.82) is 0 Å². The molecule has 0 atom stereocenters. The van der Waals surface area contributed by atoms with Crippen LogP contribution in [0.15, 0.2) is 34.6 Å². The molecule has 5 nitrogen and oxygen atoms in total. The number of hydrogen-bond acceptors (Lipinski definition) is 5. The van der Waals surface area contributed by atoms with E-state index in [9.17, 15) is 0 Å². The van der Waals surface area contributed by atoms with Gasteiger partial charge in [0.15, 0.2) is 11.0 Å². The van der Waals surface area contributed by atoms with Crippen molar-refractivity contribution in [2.24, 2.45) is 0 Å². The van der Waals surface area contributed by atoms with Gasteiger partial charge in [0.2, 0.25) is 0 Å². The Balaban J connectivity index is 2.13. The molecule has 114 valence electrons. The average molecular weight is 307 g/mol. The van der Waals surface area contributed by atoms with E-state index in [1.807, 2.05) is 37.5 Å². The van der Waals surface area contributed by atoms with Crippen molar-refractivity contribution in [3.05, 3.63) is 30.7 Å². The maximum atomic E-state index is 5.55. The SMILES string of the molecule is C=CCn1c(SCCOC(C)C)nnc1-c1ccoc1C. The molecule has 0 saturated carbocycles. The highest BCUT2D eigenvalue weighted by molar-refractivity contribution is 7.99. The fourth-order valence-corrected chi connectivity index (χ4v) is 2.70. The summed E-state index contributed by atoms with van der Waals surface area (Å²) in [4.78, 5) is 0. The summed E-state index contributed by atoms with van der Waals surface area (Å²) >= 11 is 1.64. The molecule has 0 bridgehead atoms. The highest BCUT2D eigenvalue weighted by atomic mass is 32.2. The van der Waals surface area contributed by atoms with Gasteiger partial charge in [-0.15, -0.1) is 16.8 Å². The number of furan rings is 1. The lowest BCUT2D eigenvalue weighted by molar-refractivity contribution is 0.0920. The van der Waals surface area contributed by atoms with Gasteiger partial charge in [-0.2, -0.15) is 0 Å². The molecule has 6 heteroatoms. The smallest absolute Gasteiger partial charge is 0.191 e. The van der Waals surface area contributed by atoms with Crippen molar-refractivity contribution in [1.82, 2.24) is 14.8 Å². The highest BCUT2D eigenvalue weighted by Gasteiger charge is 2.16. The van der Waals surface area contributed by atoms with E-state index in [2.05, 4.69) is 16.8 Å². The zero-order valence-electron chi connectivity index (χ0n) is 12.7. The van der Waals surface area contributed by atoms with Crippen LogP contribution in [0.2, 0.25) is 0 Å². The second-order valence-electron chi connectivity index (χ2n) is 4.86. The van der Waals surface area contributed by atoms with Gasteiger partial charge in [0.1, 0.15) is 5.76 Å². The Morgan fingerprint density at radius 1 is 1.48 bits per heavy atom. The molecule has 2 aromatic heterocycles. The summed E-state index contributed by atoms with van der Waals surface area (Å²) in [5.74, 6) is 2.50. The summed E-state index contributed by atoms with van der Waals surface area (Å²) < 4.78 is 12.9. The van der Waals surface area contributed by atoms with Gasteiger partial charge in [0.25, 0.3) is 0 Å². The Kier molecular flexibility index (Phi) is 5.64. The molecule has 0 spiro atoms. The number of aromatic nitrogens is 3. The van der Waals surface area contributed by atoms with E-state index in [0.29, 0.717) is 13.2 Å². The number of rotatable bonds is 8. The first-order valence-corrected chi connectivity index (χ1v) is 7.95. The van der Waals surface area contributed by atoms with E-state index in [1.54, 1.807) is 18.0 Å². The van der Waals surface area contributed by atoms with Gasteiger partial charge in [-0.25, -0.2) is 0 Å². The molecule has 0 fully saturated rings. The van der Waals surface area contributed by atoms with E-state index in [0.717, 1.165) is 28.1 Å². The predicted molar refractivity (Wildman–Crippen MR) is 84.5 cm³/mol. The van der Waals surface area contributed by atoms with E-state index in [1.165, 1.54) is 0 Å². The van der Waals surface area contributed by atoms with Gasteiger partial charge >= 0.3 is 0 Å². The van der Waals surface area contributed by atoms with Gasteiger partial charge in [-0.3, -0.25) is 4.57 Å². The lowest BCUT2D eigenvalue weighted by Crippen LogP contribution is -2.06. The van der Waals surface area contributed by atoms with Crippen LogP contribution in [0.25, 0.3) is 11.4 Å². The fourth-order valence-electron chi connectivity index (χ4n) is 1.92. The quantitative estimate of drug-likeness (QED) is 0.424. The summed E-state index contributed by atoms with van der Waals surface area (Å²) in [7, 11) is 0. The van der Waals surface area contributed by atoms with Crippen LogP contribution in [0.5, 0.6) is 0 Å². The summed E-state index contributed by atoms with van der Waals surface area (Å²) in [6.07, 6.45) is 3.76. The summed E-state index contributed by atoms with van der Waals surface area (Å²) in [6.45, 7) is 11.2. The van der Waals surface area contributed by atoms with Crippen molar-refractivity contribution < 1.29 is 9.15 Å². The Morgan fingerprint density at radius 2 is 2.29 bits per heavy atom. The molecule has 0 saturated heterocycles. The van der Waals surface area contributed by atoms with E-state index in [-0.39, 0.29) is 6.10 Å². The van der Waals surface area contributed by atoms with Gasteiger partial charge < -0.3 is 9.15 Å². The van der Waals surface area contributed by atoms with Crippen molar-refractivity contribution in [3.63, 3.8) is 0 Å². The fraction of sp³-hybridized carbons (Fsp3) is 0.467. The van der Waals surface area contributed by atoms with Crippen molar-refractivity contribution in [2.45, 2.75) is 38.6 Å². The Morgan fingerprint density at radius 3 is 2.90 bits per heavy atom. The third kappa shape index (κ3) is 3.98. The maximum absolute atomic E-state index is 5.55. The number of nitrogens with zero attached hydrogens (tertiary/aromatic N) is 3. The maximum Gasteiger partial charge on any atom is 0.191 e. The molecule has 2 rings (SSSR count). The van der Waals surface area contributed by atoms with Crippen molar-refractivity contribution in [2.75, 3.05) is 12.4 Å². The molecule has 0 radical (unpaired) electrons. The first kappa shape index (κ1) is 15.9. The lowest BCUT2D eigenvalue weighted by atomic mass is 10.2. The van der Waals surface area contributed by atoms with Crippen LogP contribution in [-0.2, 0) is 11.3 Å². The van der Waals surface area contributed by atoms with E-state index >= 15 is 0 Å². The number of thioether (sulfide) groups is 1. The number of aryl methyl sites for hydroxylation is 1. The Labute approximate surface area is 129 Å². The van der Waals surface area contributed by atoms with Gasteiger partial charge in [-0.05, 0) is 26.8 Å². The molecule has 0 amide bonds. The molecule has 2 aromatic rings. The molecular weight excluding hydrogens is 286 g/mol. The zero-order chi connectivity index (χ0) is 15.2. The third-order valence-electron chi connectivity index (χ3n) is 2.89. The molecule has 0 aliphatic heterocycles. The largest absolute Gasteiger partial charge is 0.469 e. The highest BCUT2D eigenvalue weighted by Crippen LogP contribution is 2.26. The molecule has 21 heavy (non-hydrogen) atoms. The minimum Gasteiger partial charge on any atom is -0.469 e. The Hall–Kier alpha value is -1.53.